The molecule has 2 aromatic rings. The van der Waals surface area contributed by atoms with Gasteiger partial charge < -0.3 is 14.7 Å². The van der Waals surface area contributed by atoms with Crippen molar-refractivity contribution in [2.45, 2.75) is 11.1 Å². The van der Waals surface area contributed by atoms with Gasteiger partial charge in [-0.25, -0.2) is 8.42 Å². The van der Waals surface area contributed by atoms with Crippen LogP contribution in [-0.4, -0.2) is 57.2 Å². The van der Waals surface area contributed by atoms with E-state index in [1.54, 1.807) is 29.6 Å². The van der Waals surface area contributed by atoms with Crippen LogP contribution in [0.5, 0.6) is 5.75 Å². The van der Waals surface area contributed by atoms with Crippen LogP contribution in [0.15, 0.2) is 39.9 Å². The first-order valence-corrected chi connectivity index (χ1v) is 11.4. The summed E-state index contributed by atoms with van der Waals surface area (Å²) >= 11 is 1.24. The van der Waals surface area contributed by atoms with Gasteiger partial charge in [-0.3, -0.25) is 0 Å². The number of benzene rings is 1. The Morgan fingerprint density at radius 1 is 1.18 bits per heavy atom. The van der Waals surface area contributed by atoms with Crippen LogP contribution in [0.2, 0.25) is 0 Å². The smallest absolute Gasteiger partial charge is 0.252 e. The Labute approximate surface area is 169 Å². The molecule has 2 aliphatic heterocycles. The van der Waals surface area contributed by atoms with Crippen molar-refractivity contribution in [1.29, 1.82) is 0 Å². The summed E-state index contributed by atoms with van der Waals surface area (Å²) in [5.74, 6) is 6.62. The first kappa shape index (κ1) is 19.3. The molecule has 1 N–H and O–H groups in total. The van der Waals surface area contributed by atoms with Crippen LogP contribution in [0.1, 0.15) is 12.5 Å². The van der Waals surface area contributed by atoms with Gasteiger partial charge in [0.1, 0.15) is 9.96 Å². The highest BCUT2D eigenvalue weighted by Crippen LogP contribution is 2.29. The highest BCUT2D eigenvalue weighted by Gasteiger charge is 2.32. The largest absolute Gasteiger partial charge is 0.508 e. The molecule has 2 saturated heterocycles. The fraction of sp³-hybridized carbons (Fsp3) is 0.400. The van der Waals surface area contributed by atoms with Crippen LogP contribution < -0.4 is 4.90 Å². The molecule has 0 spiro atoms. The van der Waals surface area contributed by atoms with Crippen molar-refractivity contribution in [3.05, 3.63) is 41.3 Å². The molecule has 0 radical (unpaired) electrons. The molecule has 0 aliphatic carbocycles. The van der Waals surface area contributed by atoms with E-state index >= 15 is 0 Å². The van der Waals surface area contributed by atoms with Crippen molar-refractivity contribution in [2.24, 2.45) is 5.41 Å². The zero-order valence-corrected chi connectivity index (χ0v) is 17.2. The number of nitrogens with zero attached hydrogens (tertiary/aromatic N) is 2. The Hall–Kier alpha value is -2.05. The number of hydrogen-bond donors (Lipinski definition) is 1. The maximum atomic E-state index is 12.7. The number of piperazine rings is 1. The number of hydrogen-bond acceptors (Lipinski definition) is 6. The molecule has 0 unspecified atom stereocenters. The lowest BCUT2D eigenvalue weighted by Crippen LogP contribution is -2.48. The summed E-state index contributed by atoms with van der Waals surface area (Å²) in [4.78, 5) is 2.13. The van der Waals surface area contributed by atoms with E-state index in [0.29, 0.717) is 43.6 Å². The van der Waals surface area contributed by atoms with Gasteiger partial charge in [-0.2, -0.15) is 4.31 Å². The molecule has 148 valence electrons. The number of phenolic OH excluding ortho intramolecular Hbond substituents is 1. The second kappa shape index (κ2) is 7.41. The molecule has 8 heteroatoms. The molecule has 3 heterocycles. The maximum absolute atomic E-state index is 12.7. The van der Waals surface area contributed by atoms with Crippen LogP contribution in [0.4, 0.5) is 5.69 Å². The molecule has 1 aromatic heterocycles. The van der Waals surface area contributed by atoms with E-state index in [0.717, 1.165) is 11.3 Å². The van der Waals surface area contributed by atoms with Gasteiger partial charge in [-0.1, -0.05) is 17.9 Å². The first-order chi connectivity index (χ1) is 13.4. The average Bonchev–Trinajstić information content (AvgIpc) is 3.21. The van der Waals surface area contributed by atoms with Gasteiger partial charge in [0.15, 0.2) is 0 Å². The maximum Gasteiger partial charge on any atom is 0.252 e. The number of rotatable bonds is 3. The zero-order valence-electron chi connectivity index (χ0n) is 15.6. The number of anilines is 1. The summed E-state index contributed by atoms with van der Waals surface area (Å²) < 4.78 is 32.6. The molecule has 1 aromatic carbocycles. The Kier molecular flexibility index (Phi) is 5.10. The first-order valence-electron chi connectivity index (χ1n) is 9.10. The van der Waals surface area contributed by atoms with E-state index in [2.05, 4.69) is 23.7 Å². The average molecular weight is 419 g/mol. The van der Waals surface area contributed by atoms with E-state index in [-0.39, 0.29) is 11.2 Å². The van der Waals surface area contributed by atoms with Gasteiger partial charge in [0.2, 0.25) is 0 Å². The van der Waals surface area contributed by atoms with E-state index in [4.69, 9.17) is 4.74 Å². The minimum Gasteiger partial charge on any atom is -0.508 e. The quantitative estimate of drug-likeness (QED) is 0.775. The van der Waals surface area contributed by atoms with E-state index in [1.165, 1.54) is 15.6 Å². The molecular formula is C20H22N2O4S2. The second-order valence-corrected chi connectivity index (χ2v) is 10.4. The van der Waals surface area contributed by atoms with Gasteiger partial charge in [0, 0.05) is 26.2 Å². The molecule has 4 rings (SSSR count). The lowest BCUT2D eigenvalue weighted by atomic mass is 9.89. The fourth-order valence-corrected chi connectivity index (χ4v) is 5.87. The molecule has 0 saturated carbocycles. The zero-order chi connectivity index (χ0) is 19.8. The third-order valence-electron chi connectivity index (χ3n) is 4.99. The molecule has 2 fully saturated rings. The van der Waals surface area contributed by atoms with Gasteiger partial charge in [-0.15, -0.1) is 11.3 Å². The minimum atomic E-state index is -3.42. The van der Waals surface area contributed by atoms with Crippen molar-refractivity contribution in [3.63, 3.8) is 0 Å². The summed E-state index contributed by atoms with van der Waals surface area (Å²) in [7, 11) is -3.42. The minimum absolute atomic E-state index is 0.143. The normalized spacial score (nSPS) is 19.5. The van der Waals surface area contributed by atoms with E-state index in [9.17, 15) is 13.5 Å². The van der Waals surface area contributed by atoms with Gasteiger partial charge >= 0.3 is 0 Å². The monoisotopic (exact) mass is 418 g/mol. The predicted molar refractivity (Wildman–Crippen MR) is 109 cm³/mol. The molecule has 2 aliphatic rings. The van der Waals surface area contributed by atoms with Crippen LogP contribution >= 0.6 is 11.3 Å². The van der Waals surface area contributed by atoms with Crippen LogP contribution in [0, 0.1) is 17.3 Å². The number of aromatic hydroxyl groups is 1. The molecule has 0 amide bonds. The van der Waals surface area contributed by atoms with Gasteiger partial charge in [0.25, 0.3) is 10.0 Å². The van der Waals surface area contributed by atoms with Gasteiger partial charge in [0.05, 0.1) is 29.9 Å². The fourth-order valence-electron chi connectivity index (χ4n) is 3.31. The standard InChI is InChI=1S/C20H22N2O4S2/c1-20(14-26-15-20)7-6-16-13-17(23)4-5-18(16)21-8-10-22(11-9-21)28(24,25)19-3-2-12-27-19/h2-5,12-13,23H,8-11,14-15H2,1H3. The van der Waals surface area contributed by atoms with Crippen molar-refractivity contribution < 1.29 is 18.3 Å². The molecule has 0 bridgehead atoms. The molecular weight excluding hydrogens is 396 g/mol. The lowest BCUT2D eigenvalue weighted by molar-refractivity contribution is -0.0648. The van der Waals surface area contributed by atoms with Crippen molar-refractivity contribution >= 4 is 27.0 Å². The van der Waals surface area contributed by atoms with Gasteiger partial charge in [-0.05, 0) is 36.6 Å². The van der Waals surface area contributed by atoms with Crippen LogP contribution in [-0.2, 0) is 14.8 Å². The molecule has 6 nitrogen and oxygen atoms in total. The number of ether oxygens (including phenoxy) is 1. The Morgan fingerprint density at radius 2 is 1.93 bits per heavy atom. The Bertz CT molecular complexity index is 1010. The highest BCUT2D eigenvalue weighted by molar-refractivity contribution is 7.91. The Balaban J connectivity index is 1.52. The summed E-state index contributed by atoms with van der Waals surface area (Å²) in [5.41, 5.74) is 1.53. The van der Waals surface area contributed by atoms with Crippen molar-refractivity contribution in [2.75, 3.05) is 44.3 Å². The summed E-state index contributed by atoms with van der Waals surface area (Å²) in [5, 5.41) is 11.7. The molecule has 28 heavy (non-hydrogen) atoms. The third kappa shape index (κ3) is 3.76. The number of thiophene rings is 1. The number of phenols is 1. The number of sulfonamides is 1. The Morgan fingerprint density at radius 3 is 2.54 bits per heavy atom. The predicted octanol–water partition coefficient (Wildman–Crippen LogP) is 2.35. The van der Waals surface area contributed by atoms with E-state index in [1.807, 2.05) is 6.07 Å². The van der Waals surface area contributed by atoms with Crippen molar-refractivity contribution in [1.82, 2.24) is 4.31 Å². The summed E-state index contributed by atoms with van der Waals surface area (Å²) in [6.45, 7) is 5.27. The SMILES string of the molecule is CC1(C#Cc2cc(O)ccc2N2CCN(S(=O)(=O)c3cccs3)CC2)COC1. The highest BCUT2D eigenvalue weighted by atomic mass is 32.2. The van der Waals surface area contributed by atoms with E-state index < -0.39 is 10.0 Å². The third-order valence-corrected chi connectivity index (χ3v) is 8.26. The lowest BCUT2D eigenvalue weighted by Gasteiger charge is -2.36. The topological polar surface area (TPSA) is 70.1 Å². The van der Waals surface area contributed by atoms with Crippen LogP contribution in [0.25, 0.3) is 0 Å². The second-order valence-electron chi connectivity index (χ2n) is 7.33. The van der Waals surface area contributed by atoms with Crippen molar-refractivity contribution in [3.8, 4) is 17.6 Å². The molecule has 0 atom stereocenters. The summed E-state index contributed by atoms with van der Waals surface area (Å²) in [6, 6.07) is 8.56. The van der Waals surface area contributed by atoms with Crippen LogP contribution in [0.3, 0.4) is 0 Å². The summed E-state index contributed by atoms with van der Waals surface area (Å²) in [6.07, 6.45) is 0.